The Kier molecular flexibility index (Phi) is 6.93. The zero-order valence-electron chi connectivity index (χ0n) is 16.1. The molecule has 2 aromatic rings. The molecule has 27 heavy (non-hydrogen) atoms. The van der Waals surface area contributed by atoms with Crippen molar-refractivity contribution < 1.29 is 4.79 Å². The Morgan fingerprint density at radius 2 is 2.00 bits per heavy atom. The predicted octanol–water partition coefficient (Wildman–Crippen LogP) is 4.75. The Balaban J connectivity index is 1.59. The third-order valence-corrected chi connectivity index (χ3v) is 5.79. The quantitative estimate of drug-likeness (QED) is 0.668. The van der Waals surface area contributed by atoms with E-state index in [4.69, 9.17) is 0 Å². The molecule has 1 aliphatic heterocycles. The van der Waals surface area contributed by atoms with E-state index < -0.39 is 0 Å². The van der Waals surface area contributed by atoms with E-state index in [0.717, 1.165) is 18.8 Å². The first-order valence-electron chi connectivity index (χ1n) is 9.71. The van der Waals surface area contributed by atoms with Crippen molar-refractivity contribution in [3.8, 4) is 0 Å². The summed E-state index contributed by atoms with van der Waals surface area (Å²) >= 11 is 1.67. The van der Waals surface area contributed by atoms with Crippen LogP contribution in [0, 0.1) is 0 Å². The summed E-state index contributed by atoms with van der Waals surface area (Å²) in [4.78, 5) is 18.4. The number of anilines is 2. The molecule has 2 heterocycles. The van der Waals surface area contributed by atoms with E-state index in [2.05, 4.69) is 47.1 Å². The molecule has 1 saturated heterocycles. The van der Waals surface area contributed by atoms with Gasteiger partial charge in [-0.3, -0.25) is 4.79 Å². The number of rotatable bonds is 8. The van der Waals surface area contributed by atoms with Gasteiger partial charge in [0.25, 0.3) is 0 Å². The van der Waals surface area contributed by atoms with Crippen molar-refractivity contribution in [2.24, 2.45) is 0 Å². The van der Waals surface area contributed by atoms with Gasteiger partial charge in [-0.2, -0.15) is 0 Å². The number of nitrogens with zero attached hydrogens (tertiary/aromatic N) is 2. The highest BCUT2D eigenvalue weighted by Gasteiger charge is 2.20. The maximum atomic E-state index is 12.9. The monoisotopic (exact) mass is 383 g/mol. The first-order valence-corrected chi connectivity index (χ1v) is 10.6. The Bertz CT molecular complexity index is 721. The molecule has 4 nitrogen and oxygen atoms in total. The number of piperidine rings is 1. The van der Waals surface area contributed by atoms with E-state index in [9.17, 15) is 4.79 Å². The van der Waals surface area contributed by atoms with Gasteiger partial charge in [0.05, 0.1) is 6.54 Å². The molecule has 1 amide bonds. The van der Waals surface area contributed by atoms with E-state index in [-0.39, 0.29) is 11.9 Å². The maximum absolute atomic E-state index is 12.9. The summed E-state index contributed by atoms with van der Waals surface area (Å²) in [5, 5.41) is 5.39. The van der Waals surface area contributed by atoms with Gasteiger partial charge < -0.3 is 15.1 Å². The highest BCUT2D eigenvalue weighted by molar-refractivity contribution is 7.09. The molecule has 0 radical (unpaired) electrons. The second-order valence-electron chi connectivity index (χ2n) is 7.05. The van der Waals surface area contributed by atoms with Gasteiger partial charge >= 0.3 is 0 Å². The summed E-state index contributed by atoms with van der Waals surface area (Å²) in [6.07, 6.45) is 5.66. The van der Waals surface area contributed by atoms with Crippen LogP contribution in [0.5, 0.6) is 0 Å². The third kappa shape index (κ3) is 5.36. The smallest absolute Gasteiger partial charge is 0.245 e. The van der Waals surface area contributed by atoms with Crippen molar-refractivity contribution in [2.45, 2.75) is 38.8 Å². The molecule has 5 heteroatoms. The van der Waals surface area contributed by atoms with Crippen molar-refractivity contribution >= 4 is 28.6 Å². The van der Waals surface area contributed by atoms with Crippen LogP contribution in [0.3, 0.4) is 0 Å². The second-order valence-corrected chi connectivity index (χ2v) is 8.08. The summed E-state index contributed by atoms with van der Waals surface area (Å²) in [5.41, 5.74) is 2.25. The maximum Gasteiger partial charge on any atom is 0.245 e. The Morgan fingerprint density at radius 1 is 1.26 bits per heavy atom. The van der Waals surface area contributed by atoms with Gasteiger partial charge in [0.15, 0.2) is 0 Å². The van der Waals surface area contributed by atoms with Crippen LogP contribution >= 0.6 is 11.3 Å². The van der Waals surface area contributed by atoms with Crippen LogP contribution < -0.4 is 10.2 Å². The van der Waals surface area contributed by atoms with E-state index in [1.807, 2.05) is 23.3 Å². The summed E-state index contributed by atoms with van der Waals surface area (Å²) in [5.74, 6) is 0.0865. The van der Waals surface area contributed by atoms with Crippen LogP contribution in [0.4, 0.5) is 11.4 Å². The fourth-order valence-corrected chi connectivity index (χ4v) is 4.20. The van der Waals surface area contributed by atoms with Gasteiger partial charge in [0, 0.05) is 35.9 Å². The molecule has 1 aliphatic rings. The molecule has 1 aromatic carbocycles. The number of amides is 1. The van der Waals surface area contributed by atoms with Gasteiger partial charge in [-0.05, 0) is 61.9 Å². The minimum absolute atomic E-state index is 0.0865. The fraction of sp³-hybridized carbons (Fsp3) is 0.409. The molecule has 0 saturated carbocycles. The highest BCUT2D eigenvalue weighted by Crippen LogP contribution is 2.22. The number of hydrogen-bond donors (Lipinski definition) is 1. The molecule has 1 atom stereocenters. The lowest BCUT2D eigenvalue weighted by molar-refractivity contribution is -0.131. The standard InChI is InChI=1S/C22H29N3OS/c1-3-13-25(17-21-8-7-16-27-21)22(26)18(2)23-19-9-11-20(12-10-19)24-14-5-4-6-15-24/h3,7-12,16,18,23H,1,4-6,13-15,17H2,2H3. The Hall–Kier alpha value is -2.27. The second kappa shape index (κ2) is 9.60. The van der Waals surface area contributed by atoms with Gasteiger partial charge in [-0.25, -0.2) is 0 Å². The summed E-state index contributed by atoms with van der Waals surface area (Å²) in [6.45, 7) is 9.18. The van der Waals surface area contributed by atoms with E-state index >= 15 is 0 Å². The minimum atomic E-state index is -0.286. The van der Waals surface area contributed by atoms with Gasteiger partial charge in [-0.15, -0.1) is 17.9 Å². The zero-order chi connectivity index (χ0) is 19.1. The number of thiophene rings is 1. The largest absolute Gasteiger partial charge is 0.374 e. The number of carbonyl (C=O) groups is 1. The number of benzene rings is 1. The van der Waals surface area contributed by atoms with Crippen LogP contribution in [-0.2, 0) is 11.3 Å². The molecule has 3 rings (SSSR count). The van der Waals surface area contributed by atoms with Crippen LogP contribution in [-0.4, -0.2) is 36.5 Å². The molecule has 1 aromatic heterocycles. The van der Waals surface area contributed by atoms with Crippen molar-refractivity contribution in [2.75, 3.05) is 29.9 Å². The van der Waals surface area contributed by atoms with Gasteiger partial charge in [0.1, 0.15) is 6.04 Å². The van der Waals surface area contributed by atoms with Crippen LogP contribution in [0.1, 0.15) is 31.1 Å². The van der Waals surface area contributed by atoms with E-state index in [0.29, 0.717) is 13.1 Å². The summed E-state index contributed by atoms with van der Waals surface area (Å²) in [7, 11) is 0. The topological polar surface area (TPSA) is 35.6 Å². The number of nitrogens with one attached hydrogen (secondary N) is 1. The molecule has 1 fully saturated rings. The van der Waals surface area contributed by atoms with Crippen LogP contribution in [0.15, 0.2) is 54.4 Å². The minimum Gasteiger partial charge on any atom is -0.374 e. The Labute approximate surface area is 166 Å². The molecule has 1 N–H and O–H groups in total. The molecular formula is C22H29N3OS. The fourth-order valence-electron chi connectivity index (χ4n) is 3.49. The first kappa shape index (κ1) is 19.5. The molecule has 0 bridgehead atoms. The van der Waals surface area contributed by atoms with Gasteiger partial charge in [0.2, 0.25) is 5.91 Å². The lowest BCUT2D eigenvalue weighted by atomic mass is 10.1. The molecule has 144 valence electrons. The lowest BCUT2D eigenvalue weighted by Crippen LogP contribution is -2.41. The summed E-state index contributed by atoms with van der Waals surface area (Å²) < 4.78 is 0. The van der Waals surface area contributed by atoms with Crippen molar-refractivity contribution in [1.29, 1.82) is 0 Å². The van der Waals surface area contributed by atoms with Gasteiger partial charge in [-0.1, -0.05) is 12.1 Å². The van der Waals surface area contributed by atoms with E-state index in [1.165, 1.54) is 29.8 Å². The third-order valence-electron chi connectivity index (χ3n) is 4.93. The number of carbonyl (C=O) groups excluding carboxylic acids is 1. The molecule has 0 spiro atoms. The SMILES string of the molecule is C=CCN(Cc1cccs1)C(=O)C(C)Nc1ccc(N2CCCCC2)cc1. The lowest BCUT2D eigenvalue weighted by Gasteiger charge is -2.29. The molecule has 1 unspecified atom stereocenters. The average Bonchev–Trinajstić information content (AvgIpc) is 3.21. The Morgan fingerprint density at radius 3 is 2.63 bits per heavy atom. The van der Waals surface area contributed by atoms with Crippen molar-refractivity contribution in [3.63, 3.8) is 0 Å². The van der Waals surface area contributed by atoms with Crippen LogP contribution in [0.25, 0.3) is 0 Å². The average molecular weight is 384 g/mol. The normalized spacial score (nSPS) is 15.2. The summed E-state index contributed by atoms with van der Waals surface area (Å²) in [6, 6.07) is 12.2. The highest BCUT2D eigenvalue weighted by atomic mass is 32.1. The van der Waals surface area contributed by atoms with Crippen molar-refractivity contribution in [1.82, 2.24) is 4.90 Å². The molecule has 0 aliphatic carbocycles. The van der Waals surface area contributed by atoms with Crippen molar-refractivity contribution in [3.05, 3.63) is 59.3 Å². The number of hydrogen-bond acceptors (Lipinski definition) is 4. The van der Waals surface area contributed by atoms with E-state index in [1.54, 1.807) is 17.4 Å². The van der Waals surface area contributed by atoms with Crippen LogP contribution in [0.2, 0.25) is 0 Å². The molecular weight excluding hydrogens is 354 g/mol. The first-order chi connectivity index (χ1) is 13.2. The zero-order valence-corrected chi connectivity index (χ0v) is 16.9. The predicted molar refractivity (Wildman–Crippen MR) is 116 cm³/mol.